The highest BCUT2D eigenvalue weighted by molar-refractivity contribution is 6.16. The first-order valence-corrected chi connectivity index (χ1v) is 12.1. The number of rotatable bonds is 9. The number of benzene rings is 2. The number of carboxylic acid groups (broad SMARTS) is 1. The van der Waals surface area contributed by atoms with Crippen LogP contribution in [0.5, 0.6) is 5.75 Å². The zero-order chi connectivity index (χ0) is 28.0. The molecular formula is C28H24FN3O7. The molecule has 0 saturated heterocycles. The number of furan rings is 1. The molecule has 1 aromatic heterocycles. The Morgan fingerprint density at radius 3 is 2.49 bits per heavy atom. The second-order valence-electron chi connectivity index (χ2n) is 9.12. The van der Waals surface area contributed by atoms with Crippen molar-refractivity contribution in [1.29, 1.82) is 0 Å². The molecule has 1 aliphatic rings. The number of ether oxygens (including phenoxy) is 1. The molecule has 0 bridgehead atoms. The fourth-order valence-corrected chi connectivity index (χ4v) is 4.70. The second kappa shape index (κ2) is 9.75. The number of methoxy groups -OCH3 is 1. The molecule has 0 unspecified atom stereocenters. The lowest BCUT2D eigenvalue weighted by atomic mass is 10.1. The van der Waals surface area contributed by atoms with E-state index in [0.29, 0.717) is 29.3 Å². The predicted octanol–water partition coefficient (Wildman–Crippen LogP) is 4.50. The summed E-state index contributed by atoms with van der Waals surface area (Å²) in [7, 11) is 1.41. The van der Waals surface area contributed by atoms with Crippen molar-refractivity contribution in [3.05, 3.63) is 96.9 Å². The van der Waals surface area contributed by atoms with Gasteiger partial charge in [0.1, 0.15) is 34.5 Å². The molecule has 0 spiro atoms. The number of hydrogen-bond acceptors (Lipinski definition) is 8. The Morgan fingerprint density at radius 2 is 1.85 bits per heavy atom. The van der Waals surface area contributed by atoms with Crippen LogP contribution in [0.25, 0.3) is 0 Å². The predicted molar refractivity (Wildman–Crippen MR) is 142 cm³/mol. The molecule has 10 nitrogen and oxygen atoms in total. The van der Waals surface area contributed by atoms with Crippen molar-refractivity contribution in [2.75, 3.05) is 22.6 Å². The van der Waals surface area contributed by atoms with Crippen LogP contribution in [0.15, 0.2) is 56.5 Å². The number of aryl methyl sites for hydroxylation is 1. The summed E-state index contributed by atoms with van der Waals surface area (Å²) in [6.07, 6.45) is 0.528. The van der Waals surface area contributed by atoms with Gasteiger partial charge in [0, 0.05) is 6.07 Å². The molecule has 39 heavy (non-hydrogen) atoms. The van der Waals surface area contributed by atoms with E-state index in [1.54, 1.807) is 19.1 Å². The van der Waals surface area contributed by atoms with E-state index in [2.05, 4.69) is 10.6 Å². The number of nitrogens with one attached hydrogen (secondary N) is 2. The van der Waals surface area contributed by atoms with Crippen LogP contribution in [-0.4, -0.2) is 24.1 Å². The summed E-state index contributed by atoms with van der Waals surface area (Å²) < 4.78 is 26.0. The molecule has 2 heterocycles. The van der Waals surface area contributed by atoms with Crippen LogP contribution < -0.4 is 31.1 Å². The minimum absolute atomic E-state index is 0.0383. The van der Waals surface area contributed by atoms with Gasteiger partial charge in [0.05, 0.1) is 42.2 Å². The van der Waals surface area contributed by atoms with Gasteiger partial charge >= 0.3 is 5.97 Å². The van der Waals surface area contributed by atoms with Gasteiger partial charge in [0.25, 0.3) is 16.8 Å². The van der Waals surface area contributed by atoms with E-state index in [9.17, 15) is 24.3 Å². The van der Waals surface area contributed by atoms with Crippen molar-refractivity contribution in [1.82, 2.24) is 0 Å². The molecular weight excluding hydrogens is 509 g/mol. The summed E-state index contributed by atoms with van der Waals surface area (Å²) in [6, 6.07) is 9.86. The fourth-order valence-electron chi connectivity index (χ4n) is 4.70. The summed E-state index contributed by atoms with van der Waals surface area (Å²) in [4.78, 5) is 51.6. The van der Waals surface area contributed by atoms with Crippen molar-refractivity contribution in [2.24, 2.45) is 0 Å². The first kappa shape index (κ1) is 25.7. The first-order valence-electron chi connectivity index (χ1n) is 12.1. The van der Waals surface area contributed by atoms with Crippen molar-refractivity contribution in [3.8, 4) is 5.75 Å². The number of anilines is 4. The van der Waals surface area contributed by atoms with Crippen LogP contribution in [0.1, 0.15) is 57.2 Å². The fraction of sp³-hybridized carbons (Fsp3) is 0.214. The van der Waals surface area contributed by atoms with Crippen LogP contribution in [0.4, 0.5) is 27.1 Å². The van der Waals surface area contributed by atoms with E-state index < -0.39 is 34.6 Å². The van der Waals surface area contributed by atoms with Crippen molar-refractivity contribution < 1.29 is 28.2 Å². The Kier molecular flexibility index (Phi) is 6.43. The number of hydrogen-bond donors (Lipinski definition) is 3. The third-order valence-electron chi connectivity index (χ3n) is 6.75. The second-order valence-corrected chi connectivity index (χ2v) is 9.12. The molecule has 0 saturated carbocycles. The highest BCUT2D eigenvalue weighted by atomic mass is 19.1. The van der Waals surface area contributed by atoms with E-state index in [-0.39, 0.29) is 40.4 Å². The number of aromatic carboxylic acids is 1. The normalized spacial score (nSPS) is 13.4. The summed E-state index contributed by atoms with van der Waals surface area (Å²) in [5, 5.41) is 15.4. The lowest BCUT2D eigenvalue weighted by Crippen LogP contribution is -2.37. The smallest absolute Gasteiger partial charge is 0.337 e. The van der Waals surface area contributed by atoms with Gasteiger partial charge in [-0.3, -0.25) is 14.4 Å². The van der Waals surface area contributed by atoms with Crippen LogP contribution in [0, 0.1) is 12.7 Å². The Bertz CT molecular complexity index is 1700. The number of carbonyl (C=O) groups excluding carboxylic acids is 1. The minimum atomic E-state index is -1.25. The van der Waals surface area contributed by atoms with Crippen LogP contribution in [-0.2, 0) is 6.54 Å². The van der Waals surface area contributed by atoms with Gasteiger partial charge in [-0.25, -0.2) is 9.18 Å². The number of fused-ring (bicyclic) bond motifs is 1. The maximum atomic E-state index is 15.1. The molecule has 3 aromatic carbocycles. The standard InChI is InChI=1S/C28H24FN3O7/c1-4-18(20-10-5-13(2)39-20)30-23-24(26(34)25(23)33)31-22-17(29)9-6-14-12-32(27(35)21(14)22)19-11-15(38-3)7-8-16(19)28(36)37/h5-11,18,30-31H,4,12H2,1-3H3,(H,36,37)/t18-/m1/s1. The molecule has 3 N–H and O–H groups in total. The topological polar surface area (TPSA) is 138 Å². The number of nitrogens with zero attached hydrogens (tertiary/aromatic N) is 1. The van der Waals surface area contributed by atoms with E-state index in [4.69, 9.17) is 9.15 Å². The molecule has 0 radical (unpaired) electrons. The molecule has 4 aromatic rings. The lowest BCUT2D eigenvalue weighted by Gasteiger charge is -2.21. The van der Waals surface area contributed by atoms with Crippen molar-refractivity contribution >= 4 is 34.6 Å². The Labute approximate surface area is 221 Å². The van der Waals surface area contributed by atoms with Gasteiger partial charge in [-0.2, -0.15) is 0 Å². The first-order chi connectivity index (χ1) is 18.6. The maximum Gasteiger partial charge on any atom is 0.337 e. The highest BCUT2D eigenvalue weighted by Gasteiger charge is 2.36. The Balaban J connectivity index is 1.51. The van der Waals surface area contributed by atoms with Gasteiger partial charge in [-0.15, -0.1) is 0 Å². The maximum absolute atomic E-state index is 15.1. The molecule has 11 heteroatoms. The van der Waals surface area contributed by atoms with Crippen LogP contribution in [0.3, 0.4) is 0 Å². The summed E-state index contributed by atoms with van der Waals surface area (Å²) in [5.41, 5.74) is -1.85. The number of carbonyl (C=O) groups is 2. The zero-order valence-electron chi connectivity index (χ0n) is 21.3. The van der Waals surface area contributed by atoms with E-state index in [1.807, 2.05) is 6.92 Å². The lowest BCUT2D eigenvalue weighted by molar-refractivity contribution is 0.0697. The Hall–Kier alpha value is -4.93. The average molecular weight is 534 g/mol. The molecule has 1 atom stereocenters. The van der Waals surface area contributed by atoms with Gasteiger partial charge in [0.2, 0.25) is 0 Å². The quantitative estimate of drug-likeness (QED) is 0.266. The third-order valence-corrected chi connectivity index (χ3v) is 6.75. The van der Waals surface area contributed by atoms with E-state index >= 15 is 4.39 Å². The molecule has 1 aliphatic heterocycles. The SMILES string of the molecule is CC[C@@H](Nc1c(Nc2c(F)ccc3c2C(=O)N(c2cc(OC)ccc2C(=O)O)C3)c(=O)c1=O)c1ccc(C)o1. The summed E-state index contributed by atoms with van der Waals surface area (Å²) in [6.45, 7) is 3.61. The number of halogens is 1. The molecule has 0 aliphatic carbocycles. The number of amides is 1. The van der Waals surface area contributed by atoms with Crippen LogP contribution in [0.2, 0.25) is 0 Å². The van der Waals surface area contributed by atoms with Crippen LogP contribution >= 0.6 is 0 Å². The minimum Gasteiger partial charge on any atom is -0.497 e. The summed E-state index contributed by atoms with van der Waals surface area (Å²) in [5.74, 6) is -1.16. The van der Waals surface area contributed by atoms with Gasteiger partial charge in [-0.05, 0) is 49.2 Å². The van der Waals surface area contributed by atoms with E-state index in [0.717, 1.165) is 6.07 Å². The highest BCUT2D eigenvalue weighted by Crippen LogP contribution is 2.39. The van der Waals surface area contributed by atoms with Crippen molar-refractivity contribution in [2.45, 2.75) is 32.9 Å². The summed E-state index contributed by atoms with van der Waals surface area (Å²) >= 11 is 0. The van der Waals surface area contributed by atoms with Gasteiger partial charge in [-0.1, -0.05) is 13.0 Å². The zero-order valence-corrected chi connectivity index (χ0v) is 21.3. The van der Waals surface area contributed by atoms with Gasteiger partial charge < -0.3 is 29.8 Å². The molecule has 0 fully saturated rings. The van der Waals surface area contributed by atoms with Crippen molar-refractivity contribution in [3.63, 3.8) is 0 Å². The molecule has 1 amide bonds. The third kappa shape index (κ3) is 4.31. The largest absolute Gasteiger partial charge is 0.497 e. The van der Waals surface area contributed by atoms with E-state index in [1.165, 1.54) is 36.3 Å². The molecule has 200 valence electrons. The average Bonchev–Trinajstić information content (AvgIpc) is 3.51. The number of carboxylic acids is 1. The van der Waals surface area contributed by atoms with Gasteiger partial charge in [0.15, 0.2) is 0 Å². The molecule has 5 rings (SSSR count). The Morgan fingerprint density at radius 1 is 1.10 bits per heavy atom. The monoisotopic (exact) mass is 533 g/mol.